The molecular weight excluding hydrogens is 693 g/mol. The van der Waals surface area contributed by atoms with Crippen LogP contribution in [0.15, 0.2) is 12.2 Å². The fraction of sp³-hybridized carbons (Fsp3) is 0.905. The molecule has 0 amide bonds. The van der Waals surface area contributed by atoms with Gasteiger partial charge in [-0.05, 0) is 38.5 Å². The van der Waals surface area contributed by atoms with Crippen LogP contribution in [0.1, 0.15) is 206 Å². The lowest BCUT2D eigenvalue weighted by molar-refractivity contribution is -0.154. The number of phosphoric ester groups is 1. The molecule has 0 heterocycles. The third-order valence-corrected chi connectivity index (χ3v) is 10.5. The van der Waals surface area contributed by atoms with Crippen LogP contribution in [0.3, 0.4) is 0 Å². The number of unbranched alkanes of at least 4 members (excludes halogenated alkanes) is 26. The van der Waals surface area contributed by atoms with Gasteiger partial charge in [0, 0.05) is 13.0 Å². The Morgan fingerprint density at radius 3 is 1.43 bits per heavy atom. The molecule has 0 aromatic heterocycles. The van der Waals surface area contributed by atoms with Crippen molar-refractivity contribution in [2.75, 3.05) is 26.4 Å². The minimum Gasteiger partial charge on any atom is -0.480 e. The first-order valence-electron chi connectivity index (χ1n) is 21.7. The third kappa shape index (κ3) is 38.8. The fourth-order valence-electron chi connectivity index (χ4n) is 6.13. The molecule has 0 rings (SSSR count). The SMILES string of the molecule is CCCCCCC/C=C\CCCCCCCCOCC(COP(=O)(O)OCC(N)C(=O)O)OC(=O)CCCCCCCCCCCCCCCCCC. The number of hydrogen-bond donors (Lipinski definition) is 3. The maximum absolute atomic E-state index is 12.6. The van der Waals surface area contributed by atoms with E-state index in [9.17, 15) is 19.0 Å². The van der Waals surface area contributed by atoms with Crippen LogP contribution in [-0.4, -0.2) is 60.5 Å². The summed E-state index contributed by atoms with van der Waals surface area (Å²) in [4.78, 5) is 33.5. The molecule has 0 saturated heterocycles. The molecule has 0 aromatic carbocycles. The van der Waals surface area contributed by atoms with E-state index in [4.69, 9.17) is 29.4 Å². The Bertz CT molecular complexity index is 904. The van der Waals surface area contributed by atoms with Gasteiger partial charge in [0.15, 0.2) is 0 Å². The highest BCUT2D eigenvalue weighted by atomic mass is 31.2. The van der Waals surface area contributed by atoms with Crippen molar-refractivity contribution in [2.45, 2.75) is 219 Å². The number of hydrogen-bond acceptors (Lipinski definition) is 8. The molecule has 0 saturated carbocycles. The Balaban J connectivity index is 4.22. The molecule has 0 aliphatic carbocycles. The predicted molar refractivity (Wildman–Crippen MR) is 217 cm³/mol. The summed E-state index contributed by atoms with van der Waals surface area (Å²) in [5.41, 5.74) is 5.35. The lowest BCUT2D eigenvalue weighted by atomic mass is 10.0. The maximum atomic E-state index is 12.6. The zero-order valence-electron chi connectivity index (χ0n) is 34.1. The second-order valence-corrected chi connectivity index (χ2v) is 16.3. The topological polar surface area (TPSA) is 155 Å². The zero-order chi connectivity index (χ0) is 39.1. The number of nitrogens with two attached hydrogens (primary N) is 1. The van der Waals surface area contributed by atoms with Gasteiger partial charge in [-0.2, -0.15) is 0 Å². The highest BCUT2D eigenvalue weighted by Gasteiger charge is 2.27. The van der Waals surface area contributed by atoms with E-state index in [0.717, 1.165) is 44.9 Å². The van der Waals surface area contributed by atoms with E-state index in [-0.39, 0.29) is 13.0 Å². The van der Waals surface area contributed by atoms with Crippen molar-refractivity contribution in [1.82, 2.24) is 0 Å². The zero-order valence-corrected chi connectivity index (χ0v) is 35.0. The van der Waals surface area contributed by atoms with Crippen LogP contribution in [-0.2, 0) is 32.7 Å². The van der Waals surface area contributed by atoms with Crippen molar-refractivity contribution in [1.29, 1.82) is 0 Å². The van der Waals surface area contributed by atoms with Crippen LogP contribution in [0.4, 0.5) is 0 Å². The summed E-state index contributed by atoms with van der Waals surface area (Å²) >= 11 is 0. The third-order valence-electron chi connectivity index (χ3n) is 9.54. The minimum atomic E-state index is -4.61. The standard InChI is InChI=1S/C42H82NO9P/c1-3-5-7-9-11-13-15-17-19-20-22-24-26-28-30-32-34-41(44)52-39(37-50-53(47,48)51-38-40(43)42(45)46)36-49-35-33-31-29-27-25-23-21-18-16-14-12-10-8-6-4-2/h16,18,39-40H,3-15,17,19-38,43H2,1-2H3,(H,45,46)(H,47,48)/b18-16-. The molecule has 10 nitrogen and oxygen atoms in total. The number of ether oxygens (including phenoxy) is 2. The van der Waals surface area contributed by atoms with Gasteiger partial charge >= 0.3 is 19.8 Å². The summed E-state index contributed by atoms with van der Waals surface area (Å²) in [6.07, 6.45) is 39.7. The van der Waals surface area contributed by atoms with Crippen molar-refractivity contribution in [2.24, 2.45) is 5.73 Å². The highest BCUT2D eigenvalue weighted by molar-refractivity contribution is 7.47. The number of aliphatic carboxylic acids is 1. The number of carboxylic acids is 1. The molecule has 0 radical (unpaired) electrons. The van der Waals surface area contributed by atoms with Crippen molar-refractivity contribution >= 4 is 19.8 Å². The Hall–Kier alpha value is -1.29. The van der Waals surface area contributed by atoms with Gasteiger partial charge in [0.05, 0.1) is 19.8 Å². The summed E-state index contributed by atoms with van der Waals surface area (Å²) in [5, 5.41) is 8.89. The number of rotatable bonds is 42. The number of esters is 1. The molecule has 0 fully saturated rings. The maximum Gasteiger partial charge on any atom is 0.472 e. The van der Waals surface area contributed by atoms with Crippen LogP contribution in [0.5, 0.6) is 0 Å². The average Bonchev–Trinajstić information content (AvgIpc) is 3.13. The van der Waals surface area contributed by atoms with Crippen LogP contribution < -0.4 is 5.73 Å². The first kappa shape index (κ1) is 51.7. The summed E-state index contributed by atoms with van der Waals surface area (Å²) in [5.74, 6) is -1.77. The summed E-state index contributed by atoms with van der Waals surface area (Å²) < 4.78 is 33.3. The van der Waals surface area contributed by atoms with Crippen LogP contribution in [0, 0.1) is 0 Å². The average molecular weight is 776 g/mol. The van der Waals surface area contributed by atoms with Crippen molar-refractivity contribution in [3.63, 3.8) is 0 Å². The van der Waals surface area contributed by atoms with Crippen LogP contribution in [0.25, 0.3) is 0 Å². The molecule has 3 unspecified atom stereocenters. The monoisotopic (exact) mass is 776 g/mol. The molecular formula is C42H82NO9P. The highest BCUT2D eigenvalue weighted by Crippen LogP contribution is 2.43. The predicted octanol–water partition coefficient (Wildman–Crippen LogP) is 11.8. The van der Waals surface area contributed by atoms with Crippen molar-refractivity contribution in [3.05, 3.63) is 12.2 Å². The lowest BCUT2D eigenvalue weighted by Gasteiger charge is -2.20. The molecule has 0 aliphatic heterocycles. The lowest BCUT2D eigenvalue weighted by Crippen LogP contribution is -2.34. The molecule has 0 spiro atoms. The molecule has 3 atom stereocenters. The van der Waals surface area contributed by atoms with E-state index in [0.29, 0.717) is 6.61 Å². The van der Waals surface area contributed by atoms with E-state index in [1.54, 1.807) is 0 Å². The summed E-state index contributed by atoms with van der Waals surface area (Å²) in [6, 6.07) is -1.47. The Morgan fingerprint density at radius 2 is 0.981 bits per heavy atom. The van der Waals surface area contributed by atoms with Gasteiger partial charge in [-0.25, -0.2) is 4.57 Å². The first-order chi connectivity index (χ1) is 25.7. The molecule has 4 N–H and O–H groups in total. The quantitative estimate of drug-likeness (QED) is 0.0236. The smallest absolute Gasteiger partial charge is 0.472 e. The van der Waals surface area contributed by atoms with Crippen LogP contribution in [0.2, 0.25) is 0 Å². The Morgan fingerprint density at radius 1 is 0.585 bits per heavy atom. The van der Waals surface area contributed by atoms with E-state index in [1.165, 1.54) is 141 Å². The van der Waals surface area contributed by atoms with E-state index in [1.807, 2.05) is 0 Å². The van der Waals surface area contributed by atoms with Gasteiger partial charge in [-0.3, -0.25) is 18.6 Å². The fourth-order valence-corrected chi connectivity index (χ4v) is 6.91. The second kappa shape index (κ2) is 39.0. The summed E-state index contributed by atoms with van der Waals surface area (Å²) in [7, 11) is -4.61. The number of carboxylic acid groups (broad SMARTS) is 1. The number of carbonyl (C=O) groups excluding carboxylic acids is 1. The van der Waals surface area contributed by atoms with E-state index >= 15 is 0 Å². The van der Waals surface area contributed by atoms with Gasteiger partial charge in [0.25, 0.3) is 0 Å². The number of carbonyl (C=O) groups is 2. The first-order valence-corrected chi connectivity index (χ1v) is 23.2. The second-order valence-electron chi connectivity index (χ2n) is 14.8. The molecule has 0 aliphatic rings. The van der Waals surface area contributed by atoms with Gasteiger partial charge in [-0.15, -0.1) is 0 Å². The van der Waals surface area contributed by atoms with Crippen molar-refractivity contribution in [3.8, 4) is 0 Å². The normalized spacial score (nSPS) is 14.0. The molecule has 0 bridgehead atoms. The molecule has 53 heavy (non-hydrogen) atoms. The van der Waals surface area contributed by atoms with Gasteiger partial charge < -0.3 is 25.2 Å². The molecule has 11 heteroatoms. The van der Waals surface area contributed by atoms with Gasteiger partial charge in [-0.1, -0.05) is 174 Å². The number of allylic oxidation sites excluding steroid dienone is 2. The van der Waals surface area contributed by atoms with Crippen LogP contribution >= 0.6 is 7.82 Å². The summed E-state index contributed by atoms with van der Waals surface area (Å²) in [6.45, 7) is 3.89. The van der Waals surface area contributed by atoms with Crippen molar-refractivity contribution < 1.29 is 42.7 Å². The Labute approximate surface area is 324 Å². The van der Waals surface area contributed by atoms with E-state index in [2.05, 4.69) is 26.0 Å². The van der Waals surface area contributed by atoms with Gasteiger partial charge in [0.2, 0.25) is 0 Å². The van der Waals surface area contributed by atoms with E-state index < -0.39 is 45.1 Å². The van der Waals surface area contributed by atoms with Gasteiger partial charge in [0.1, 0.15) is 12.1 Å². The Kier molecular flexibility index (Phi) is 38.0. The number of phosphoric acid groups is 1. The molecule has 0 aromatic rings. The molecule has 314 valence electrons. The largest absolute Gasteiger partial charge is 0.480 e. The minimum absolute atomic E-state index is 0.0181.